The largest absolute Gasteiger partial charge is 0.312 e. The summed E-state index contributed by atoms with van der Waals surface area (Å²) in [4.78, 5) is 6.46. The summed E-state index contributed by atoms with van der Waals surface area (Å²) in [6, 6.07) is 71.3. The van der Waals surface area contributed by atoms with Gasteiger partial charge in [0.1, 0.15) is 6.17 Å². The Kier molecular flexibility index (Phi) is 9.21. The van der Waals surface area contributed by atoms with Gasteiger partial charge in [0, 0.05) is 15.8 Å². The van der Waals surface area contributed by atoms with Crippen molar-refractivity contribution in [3.05, 3.63) is 217 Å². The van der Waals surface area contributed by atoms with E-state index in [2.05, 4.69) is 199 Å². The maximum Gasteiger partial charge on any atom is 0.127 e. The van der Waals surface area contributed by atoms with Crippen molar-refractivity contribution in [3.63, 3.8) is 0 Å². The smallest absolute Gasteiger partial charge is 0.127 e. The predicted molar refractivity (Wildman–Crippen MR) is 244 cm³/mol. The number of nitrogens with zero attached hydrogens (tertiary/aromatic N) is 1. The molecule has 57 heavy (non-hydrogen) atoms. The van der Waals surface area contributed by atoms with Gasteiger partial charge in [-0.25, -0.2) is 0 Å². The fraction of sp³-hybridized carbons (Fsp3) is 0.0377. The number of hydrogen-bond donors (Lipinski definition) is 2. The van der Waals surface area contributed by atoms with Gasteiger partial charge in [-0.05, 0) is 100 Å². The van der Waals surface area contributed by atoms with Gasteiger partial charge >= 0.3 is 0 Å². The Morgan fingerprint density at radius 1 is 0.491 bits per heavy atom. The molecule has 0 spiro atoms. The van der Waals surface area contributed by atoms with Gasteiger partial charge in [-0.2, -0.15) is 0 Å². The van der Waals surface area contributed by atoms with E-state index in [4.69, 9.17) is 10.7 Å². The zero-order chi connectivity index (χ0) is 38.1. The Morgan fingerprint density at radius 2 is 1.14 bits per heavy atom. The van der Waals surface area contributed by atoms with Crippen molar-refractivity contribution in [2.45, 2.75) is 12.3 Å². The van der Waals surface area contributed by atoms with Crippen LogP contribution in [0.3, 0.4) is 0 Å². The van der Waals surface area contributed by atoms with Crippen molar-refractivity contribution in [1.82, 2.24) is 5.32 Å². The number of nitrogens with one attached hydrogen (secondary N) is 1. The van der Waals surface area contributed by atoms with Crippen LogP contribution < -0.4 is 11.1 Å². The summed E-state index contributed by atoms with van der Waals surface area (Å²) in [5, 5.41) is 12.5. The Morgan fingerprint density at radius 3 is 1.95 bits per heavy atom. The van der Waals surface area contributed by atoms with Crippen molar-refractivity contribution in [2.75, 3.05) is 0 Å². The summed E-state index contributed by atoms with van der Waals surface area (Å²) in [5.41, 5.74) is 16.0. The molecule has 0 aliphatic carbocycles. The lowest BCUT2D eigenvalue weighted by Crippen LogP contribution is -2.32. The first-order chi connectivity index (χ1) is 28.2. The van der Waals surface area contributed by atoms with Gasteiger partial charge in [-0.15, -0.1) is 11.3 Å². The number of hydrogen-bond acceptors (Lipinski definition) is 4. The van der Waals surface area contributed by atoms with E-state index in [0.717, 1.165) is 27.8 Å². The quantitative estimate of drug-likeness (QED) is 0.0668. The lowest BCUT2D eigenvalue weighted by Gasteiger charge is -2.23. The van der Waals surface area contributed by atoms with E-state index in [1.807, 2.05) is 12.3 Å². The number of fused-ring (bicyclic) bond motifs is 5. The molecule has 0 amide bonds. The molecule has 3 N–H and O–H groups in total. The summed E-state index contributed by atoms with van der Waals surface area (Å²) >= 11 is 1.80. The molecule has 1 heterocycles. The lowest BCUT2D eigenvalue weighted by molar-refractivity contribution is 0.468. The predicted octanol–water partition coefficient (Wildman–Crippen LogP) is 13.7. The van der Waals surface area contributed by atoms with E-state index in [1.165, 1.54) is 64.0 Å². The van der Waals surface area contributed by atoms with Crippen LogP contribution in [0.5, 0.6) is 0 Å². The molecular weight excluding hydrogens is 711 g/mol. The molecule has 3 nitrogen and oxygen atoms in total. The number of aliphatic imine (C=N–C) groups is 1. The van der Waals surface area contributed by atoms with Crippen LogP contribution in [0.2, 0.25) is 0 Å². The van der Waals surface area contributed by atoms with Crippen LogP contribution >= 0.6 is 11.3 Å². The Balaban J connectivity index is 1.02. The van der Waals surface area contributed by atoms with Crippen molar-refractivity contribution in [3.8, 4) is 32.7 Å². The zero-order valence-corrected chi connectivity index (χ0v) is 32.0. The third-order valence-corrected chi connectivity index (χ3v) is 12.2. The normalized spacial score (nSPS) is 12.9. The molecular formula is C53H39N3S. The maximum absolute atomic E-state index is 6.97. The minimum atomic E-state index is -0.453. The monoisotopic (exact) mass is 749 g/mol. The average Bonchev–Trinajstić information content (AvgIpc) is 3.72. The van der Waals surface area contributed by atoms with E-state index in [9.17, 15) is 0 Å². The molecule has 0 fully saturated rings. The van der Waals surface area contributed by atoms with Gasteiger partial charge in [0.15, 0.2) is 0 Å². The summed E-state index contributed by atoms with van der Waals surface area (Å²) in [5.74, 6) is 0. The highest BCUT2D eigenvalue weighted by molar-refractivity contribution is 7.22. The Labute approximate surface area is 336 Å². The summed E-state index contributed by atoms with van der Waals surface area (Å²) in [6.45, 7) is 0. The number of rotatable bonds is 9. The summed E-state index contributed by atoms with van der Waals surface area (Å²) in [6.07, 6.45) is 1.11. The molecule has 272 valence electrons. The molecule has 1 aromatic heterocycles. The lowest BCUT2D eigenvalue weighted by atomic mass is 9.89. The van der Waals surface area contributed by atoms with Crippen LogP contribution in [0.1, 0.15) is 29.0 Å². The van der Waals surface area contributed by atoms with Gasteiger partial charge < -0.3 is 5.73 Å². The van der Waals surface area contributed by atoms with E-state index >= 15 is 0 Å². The van der Waals surface area contributed by atoms with E-state index in [1.54, 1.807) is 11.3 Å². The molecule has 0 bridgehead atoms. The first kappa shape index (κ1) is 34.8. The fourth-order valence-corrected chi connectivity index (χ4v) is 9.21. The van der Waals surface area contributed by atoms with E-state index < -0.39 is 12.3 Å². The molecule has 0 saturated carbocycles. The Hall–Kier alpha value is -6.69. The number of nitrogens with two attached hydrogens (primary N) is 1. The average molecular weight is 750 g/mol. The molecule has 2 unspecified atom stereocenters. The molecule has 10 aromatic rings. The van der Waals surface area contributed by atoms with Crippen molar-refractivity contribution in [1.29, 1.82) is 0 Å². The molecule has 0 radical (unpaired) electrons. The summed E-state index contributed by atoms with van der Waals surface area (Å²) < 4.78 is 1.26. The highest BCUT2D eigenvalue weighted by atomic mass is 32.1. The molecule has 4 heteroatoms. The SMILES string of the molecule is NC(NC(N=Cc1ccc(-c2c3ccccc3cc3c2ccc2ccccc23)cc1)c1ccccc1-c1cc2ccccc2s1)c1ccc(-c2ccccc2)cc1. The van der Waals surface area contributed by atoms with Gasteiger partial charge in [0.25, 0.3) is 0 Å². The van der Waals surface area contributed by atoms with Crippen molar-refractivity contribution in [2.24, 2.45) is 10.7 Å². The molecule has 2 atom stereocenters. The first-order valence-electron chi connectivity index (χ1n) is 19.4. The van der Waals surface area contributed by atoms with E-state index in [0.29, 0.717) is 0 Å². The number of benzene rings is 9. The molecule has 0 saturated heterocycles. The van der Waals surface area contributed by atoms with Crippen LogP contribution in [0.4, 0.5) is 0 Å². The third kappa shape index (κ3) is 6.81. The molecule has 9 aromatic carbocycles. The molecule has 0 aliphatic heterocycles. The first-order valence-corrected chi connectivity index (χ1v) is 20.2. The fourth-order valence-electron chi connectivity index (χ4n) is 8.10. The number of thiophene rings is 1. The minimum absolute atomic E-state index is 0.412. The third-order valence-electron chi connectivity index (χ3n) is 11.0. The van der Waals surface area contributed by atoms with Crippen molar-refractivity contribution >= 4 is 60.0 Å². The highest BCUT2D eigenvalue weighted by Gasteiger charge is 2.20. The van der Waals surface area contributed by atoms with Gasteiger partial charge in [-0.1, -0.05) is 182 Å². The second kappa shape index (κ2) is 15.1. The van der Waals surface area contributed by atoms with Crippen molar-refractivity contribution < 1.29 is 0 Å². The Bertz CT molecular complexity index is 3020. The van der Waals surface area contributed by atoms with Gasteiger partial charge in [0.05, 0.1) is 6.17 Å². The van der Waals surface area contributed by atoms with Crippen LogP contribution in [-0.2, 0) is 0 Å². The zero-order valence-electron chi connectivity index (χ0n) is 31.2. The summed E-state index contributed by atoms with van der Waals surface area (Å²) in [7, 11) is 0. The maximum atomic E-state index is 6.97. The van der Waals surface area contributed by atoms with Crippen LogP contribution in [-0.4, -0.2) is 6.21 Å². The molecule has 10 rings (SSSR count). The van der Waals surface area contributed by atoms with E-state index in [-0.39, 0.29) is 0 Å². The second-order valence-corrected chi connectivity index (χ2v) is 15.6. The van der Waals surface area contributed by atoms with Gasteiger partial charge in [-0.3, -0.25) is 10.3 Å². The van der Waals surface area contributed by atoms with Crippen LogP contribution in [0.15, 0.2) is 205 Å². The topological polar surface area (TPSA) is 50.4 Å². The second-order valence-electron chi connectivity index (χ2n) is 14.5. The van der Waals surface area contributed by atoms with Crippen LogP contribution in [0.25, 0.3) is 75.1 Å². The van der Waals surface area contributed by atoms with Crippen LogP contribution in [0, 0.1) is 0 Å². The molecule has 0 aliphatic rings. The minimum Gasteiger partial charge on any atom is -0.312 e. The highest BCUT2D eigenvalue weighted by Crippen LogP contribution is 2.40. The van der Waals surface area contributed by atoms with Gasteiger partial charge in [0.2, 0.25) is 0 Å². The standard InChI is InChI=1S/C53H39N3S/c54-52(40-28-26-37(27-29-40)36-12-2-1-3-13-36)56-53(47-20-10-9-19-45(47)50-33-42-16-6-11-21-49(42)57-50)55-34-35-22-24-39(25-23-35)51-44-18-8-5-15-41(44)32-48-43-17-7-4-14-38(43)30-31-46(48)51/h1-34,52-53,56H,54H2.